The van der Waals surface area contributed by atoms with E-state index in [0.717, 1.165) is 38.5 Å². The van der Waals surface area contributed by atoms with Crippen LogP contribution in [0, 0.1) is 0 Å². The topological polar surface area (TPSA) is 58.2 Å². The fourth-order valence-corrected chi connectivity index (χ4v) is 3.84. The third kappa shape index (κ3) is 6.52. The van der Waals surface area contributed by atoms with Crippen LogP contribution in [0.1, 0.15) is 49.7 Å². The van der Waals surface area contributed by atoms with Crippen molar-refractivity contribution in [3.05, 3.63) is 71.8 Å². The van der Waals surface area contributed by atoms with E-state index in [4.69, 9.17) is 0 Å². The maximum absolute atomic E-state index is 12.4. The zero-order valence-corrected chi connectivity index (χ0v) is 16.4. The first-order chi connectivity index (χ1) is 13.7. The Morgan fingerprint density at radius 2 is 1.07 bits per heavy atom. The number of amides is 2. The van der Waals surface area contributed by atoms with Crippen LogP contribution in [0.5, 0.6) is 0 Å². The van der Waals surface area contributed by atoms with E-state index in [0.29, 0.717) is 12.8 Å². The molecule has 1 fully saturated rings. The third-order valence-corrected chi connectivity index (χ3v) is 5.43. The van der Waals surface area contributed by atoms with Crippen molar-refractivity contribution < 1.29 is 9.59 Å². The Morgan fingerprint density at radius 1 is 0.679 bits per heavy atom. The summed E-state index contributed by atoms with van der Waals surface area (Å²) in [5, 5.41) is 6.33. The van der Waals surface area contributed by atoms with Crippen LogP contribution in [0.25, 0.3) is 0 Å². The molecule has 2 aromatic carbocycles. The van der Waals surface area contributed by atoms with E-state index in [1.165, 1.54) is 11.1 Å². The first kappa shape index (κ1) is 20.1. The second-order valence-corrected chi connectivity index (χ2v) is 7.60. The molecular weight excluding hydrogens is 348 g/mol. The summed E-state index contributed by atoms with van der Waals surface area (Å²) < 4.78 is 0. The molecule has 3 rings (SSSR count). The summed E-state index contributed by atoms with van der Waals surface area (Å²) >= 11 is 0. The molecule has 0 unspecified atom stereocenters. The van der Waals surface area contributed by atoms with Crippen molar-refractivity contribution >= 4 is 11.8 Å². The number of carbonyl (C=O) groups is 2. The number of aryl methyl sites for hydroxylation is 2. The van der Waals surface area contributed by atoms with Crippen molar-refractivity contribution in [2.75, 3.05) is 0 Å². The quantitative estimate of drug-likeness (QED) is 0.734. The van der Waals surface area contributed by atoms with Gasteiger partial charge in [-0.2, -0.15) is 0 Å². The lowest BCUT2D eigenvalue weighted by atomic mass is 9.90. The predicted octanol–water partition coefficient (Wildman–Crippen LogP) is 3.80. The van der Waals surface area contributed by atoms with E-state index in [9.17, 15) is 9.59 Å². The van der Waals surface area contributed by atoms with E-state index < -0.39 is 0 Å². The Labute approximate surface area is 167 Å². The summed E-state index contributed by atoms with van der Waals surface area (Å²) in [5.74, 6) is 0.138. The summed E-state index contributed by atoms with van der Waals surface area (Å²) in [7, 11) is 0. The van der Waals surface area contributed by atoms with Crippen LogP contribution in [0.3, 0.4) is 0 Å². The lowest BCUT2D eigenvalue weighted by Crippen LogP contribution is -2.53. The summed E-state index contributed by atoms with van der Waals surface area (Å²) in [6.07, 6.45) is 6.51. The maximum Gasteiger partial charge on any atom is 0.220 e. The fraction of sp³-hybridized carbons (Fsp3) is 0.417. The van der Waals surface area contributed by atoms with Gasteiger partial charge in [0.2, 0.25) is 11.8 Å². The van der Waals surface area contributed by atoms with Crippen molar-refractivity contribution in [3.8, 4) is 0 Å². The Hall–Kier alpha value is -2.62. The average Bonchev–Trinajstić information content (AvgIpc) is 2.74. The number of hydrogen-bond acceptors (Lipinski definition) is 2. The molecule has 0 heterocycles. The minimum Gasteiger partial charge on any atom is -0.351 e. The highest BCUT2D eigenvalue weighted by Gasteiger charge is 2.27. The Morgan fingerprint density at radius 3 is 1.46 bits per heavy atom. The van der Waals surface area contributed by atoms with E-state index in [1.54, 1.807) is 0 Å². The molecule has 0 aromatic heterocycles. The Balaban J connectivity index is 1.45. The monoisotopic (exact) mass is 378 g/mol. The van der Waals surface area contributed by atoms with Crippen LogP contribution in [0.4, 0.5) is 0 Å². The molecule has 1 aliphatic carbocycles. The number of hydrogen-bond donors (Lipinski definition) is 2. The van der Waals surface area contributed by atoms with Gasteiger partial charge in [0, 0.05) is 24.9 Å². The minimum atomic E-state index is 0.0395. The van der Waals surface area contributed by atoms with Crippen molar-refractivity contribution in [1.29, 1.82) is 0 Å². The summed E-state index contributed by atoms with van der Waals surface area (Å²) in [5.41, 5.74) is 2.35. The molecule has 2 aromatic rings. The second-order valence-electron chi connectivity index (χ2n) is 7.60. The molecule has 2 amide bonds. The highest BCUT2D eigenvalue weighted by atomic mass is 16.2. The maximum atomic E-state index is 12.4. The number of benzene rings is 2. The zero-order chi connectivity index (χ0) is 19.6. The second kappa shape index (κ2) is 10.6. The fourth-order valence-electron chi connectivity index (χ4n) is 3.84. The van der Waals surface area contributed by atoms with Gasteiger partial charge in [0.15, 0.2) is 0 Å². The van der Waals surface area contributed by atoms with Gasteiger partial charge < -0.3 is 10.6 Å². The molecule has 0 saturated heterocycles. The third-order valence-electron chi connectivity index (χ3n) is 5.43. The van der Waals surface area contributed by atoms with Crippen LogP contribution in [-0.2, 0) is 22.4 Å². The standard InChI is InChI=1S/C24H30N2O2/c27-23(17-15-19-9-3-1-4-10-19)25-21-13-7-8-14-22(21)26-24(28)18-16-20-11-5-2-6-12-20/h1-6,9-12,21-22H,7-8,13-18H2,(H,25,27)(H,26,28)/t21-,22+. The lowest BCUT2D eigenvalue weighted by Gasteiger charge is -2.33. The van der Waals surface area contributed by atoms with Crippen LogP contribution >= 0.6 is 0 Å². The summed E-state index contributed by atoms with van der Waals surface area (Å²) in [4.78, 5) is 24.8. The van der Waals surface area contributed by atoms with Crippen LogP contribution < -0.4 is 10.6 Å². The minimum absolute atomic E-state index is 0.0395. The zero-order valence-electron chi connectivity index (χ0n) is 16.4. The van der Waals surface area contributed by atoms with Crippen molar-refractivity contribution in [3.63, 3.8) is 0 Å². The van der Waals surface area contributed by atoms with Crippen molar-refractivity contribution in [2.24, 2.45) is 0 Å². The molecular formula is C24H30N2O2. The van der Waals surface area contributed by atoms with Gasteiger partial charge in [0.05, 0.1) is 0 Å². The van der Waals surface area contributed by atoms with Crippen molar-refractivity contribution in [2.45, 2.75) is 63.5 Å². The highest BCUT2D eigenvalue weighted by Crippen LogP contribution is 2.19. The number of nitrogens with one attached hydrogen (secondary N) is 2. The molecule has 2 atom stereocenters. The Kier molecular flexibility index (Phi) is 7.65. The molecule has 0 aliphatic heterocycles. The van der Waals surface area contributed by atoms with Gasteiger partial charge in [-0.3, -0.25) is 9.59 Å². The smallest absolute Gasteiger partial charge is 0.220 e. The molecule has 28 heavy (non-hydrogen) atoms. The molecule has 4 nitrogen and oxygen atoms in total. The molecule has 2 N–H and O–H groups in total. The van der Waals surface area contributed by atoms with Gasteiger partial charge >= 0.3 is 0 Å². The van der Waals surface area contributed by atoms with Gasteiger partial charge in [-0.25, -0.2) is 0 Å². The van der Waals surface area contributed by atoms with Gasteiger partial charge in [0.1, 0.15) is 0 Å². The van der Waals surface area contributed by atoms with Crippen molar-refractivity contribution in [1.82, 2.24) is 10.6 Å². The predicted molar refractivity (Wildman–Crippen MR) is 112 cm³/mol. The van der Waals surface area contributed by atoms with Gasteiger partial charge in [0.25, 0.3) is 0 Å². The number of rotatable bonds is 8. The van der Waals surface area contributed by atoms with Crippen LogP contribution in [0.2, 0.25) is 0 Å². The van der Waals surface area contributed by atoms with E-state index in [1.807, 2.05) is 60.7 Å². The van der Waals surface area contributed by atoms with E-state index in [-0.39, 0.29) is 23.9 Å². The first-order valence-electron chi connectivity index (χ1n) is 10.4. The molecule has 0 bridgehead atoms. The van der Waals surface area contributed by atoms with Gasteiger partial charge in [-0.15, -0.1) is 0 Å². The largest absolute Gasteiger partial charge is 0.351 e. The summed E-state index contributed by atoms with van der Waals surface area (Å²) in [6, 6.07) is 20.2. The molecule has 4 heteroatoms. The van der Waals surface area contributed by atoms with Gasteiger partial charge in [-0.05, 0) is 36.8 Å². The van der Waals surface area contributed by atoms with E-state index >= 15 is 0 Å². The lowest BCUT2D eigenvalue weighted by molar-refractivity contribution is -0.125. The molecule has 148 valence electrons. The number of carbonyl (C=O) groups excluding carboxylic acids is 2. The average molecular weight is 379 g/mol. The van der Waals surface area contributed by atoms with Crippen LogP contribution in [-0.4, -0.2) is 23.9 Å². The molecule has 1 saturated carbocycles. The van der Waals surface area contributed by atoms with E-state index in [2.05, 4.69) is 10.6 Å². The first-order valence-corrected chi connectivity index (χ1v) is 10.4. The molecule has 0 radical (unpaired) electrons. The van der Waals surface area contributed by atoms with Crippen LogP contribution in [0.15, 0.2) is 60.7 Å². The molecule has 1 aliphatic rings. The Bertz CT molecular complexity index is 680. The SMILES string of the molecule is O=C(CCc1ccccc1)N[C@H]1CCCC[C@H]1NC(=O)CCc1ccccc1. The molecule has 0 spiro atoms. The normalized spacial score (nSPS) is 19.0. The van der Waals surface area contributed by atoms with Gasteiger partial charge in [-0.1, -0.05) is 73.5 Å². The summed E-state index contributed by atoms with van der Waals surface area (Å²) in [6.45, 7) is 0. The highest BCUT2D eigenvalue weighted by molar-refractivity contribution is 5.78.